The Morgan fingerprint density at radius 1 is 1.18 bits per heavy atom. The minimum Gasteiger partial charge on any atom is -0.382 e. The van der Waals surface area contributed by atoms with Gasteiger partial charge in [-0.25, -0.2) is 9.78 Å². The van der Waals surface area contributed by atoms with Crippen molar-refractivity contribution in [1.82, 2.24) is 15.3 Å². The Hall–Kier alpha value is -3.82. The molecule has 3 rings (SSSR count). The van der Waals surface area contributed by atoms with Crippen LogP contribution in [0.25, 0.3) is 0 Å². The smallest absolute Gasteiger partial charge is 0.320 e. The maximum absolute atomic E-state index is 12.7. The number of hydrogen-bond acceptors (Lipinski definition) is 7. The quantitative estimate of drug-likeness (QED) is 0.250. The fourth-order valence-electron chi connectivity index (χ4n) is 3.10. The SMILES string of the molecule is COCCOC[C@@H](NC(=O)Nc1cc(C=N)c(Nc2ccnc(C)c2)cn1)c1ccccc1.[HH].[HH]. The first-order chi connectivity index (χ1) is 16.1. The Morgan fingerprint density at radius 2 is 2.00 bits per heavy atom. The van der Waals surface area contributed by atoms with Gasteiger partial charge in [0.15, 0.2) is 0 Å². The predicted molar refractivity (Wildman–Crippen MR) is 133 cm³/mol. The molecule has 0 radical (unpaired) electrons. The van der Waals surface area contributed by atoms with Gasteiger partial charge in [0, 0.05) is 39.3 Å². The highest BCUT2D eigenvalue weighted by molar-refractivity contribution is 5.92. The number of benzene rings is 1. The van der Waals surface area contributed by atoms with Gasteiger partial charge in [-0.15, -0.1) is 0 Å². The molecular weight excluding hydrogens is 420 g/mol. The van der Waals surface area contributed by atoms with E-state index in [1.165, 1.54) is 6.21 Å². The third-order valence-electron chi connectivity index (χ3n) is 4.73. The van der Waals surface area contributed by atoms with E-state index in [1.54, 1.807) is 25.6 Å². The fourth-order valence-corrected chi connectivity index (χ4v) is 3.10. The first-order valence-electron chi connectivity index (χ1n) is 10.5. The molecule has 4 N–H and O–H groups in total. The van der Waals surface area contributed by atoms with Crippen LogP contribution in [0.3, 0.4) is 0 Å². The normalized spacial score (nSPS) is 11.5. The molecule has 1 aromatic carbocycles. The van der Waals surface area contributed by atoms with Crippen molar-refractivity contribution in [3.05, 3.63) is 77.7 Å². The topological polar surface area (TPSA) is 121 Å². The largest absolute Gasteiger partial charge is 0.382 e. The molecule has 33 heavy (non-hydrogen) atoms. The highest BCUT2D eigenvalue weighted by Crippen LogP contribution is 2.21. The Bertz CT molecular complexity index is 1070. The number of amides is 2. The number of anilines is 3. The maximum atomic E-state index is 12.7. The molecular formula is C24H32N6O3. The molecule has 2 aromatic heterocycles. The first-order valence-corrected chi connectivity index (χ1v) is 10.5. The Kier molecular flexibility index (Phi) is 8.87. The van der Waals surface area contributed by atoms with Gasteiger partial charge in [-0.3, -0.25) is 10.3 Å². The maximum Gasteiger partial charge on any atom is 0.320 e. The molecule has 0 saturated carbocycles. The zero-order valence-corrected chi connectivity index (χ0v) is 18.7. The van der Waals surface area contributed by atoms with Crippen LogP contribution in [-0.2, 0) is 9.47 Å². The van der Waals surface area contributed by atoms with Crippen LogP contribution in [0.4, 0.5) is 22.0 Å². The van der Waals surface area contributed by atoms with Crippen LogP contribution in [-0.4, -0.2) is 49.1 Å². The number of nitrogens with one attached hydrogen (secondary N) is 4. The number of urea groups is 1. The molecule has 0 spiro atoms. The van der Waals surface area contributed by atoms with Crippen molar-refractivity contribution in [2.75, 3.05) is 37.6 Å². The van der Waals surface area contributed by atoms with Crippen LogP contribution in [0.1, 0.15) is 25.7 Å². The monoisotopic (exact) mass is 452 g/mol. The predicted octanol–water partition coefficient (Wildman–Crippen LogP) is 4.54. The number of carbonyl (C=O) groups is 1. The van der Waals surface area contributed by atoms with Gasteiger partial charge in [0.1, 0.15) is 5.82 Å². The van der Waals surface area contributed by atoms with Crippen molar-refractivity contribution in [2.45, 2.75) is 13.0 Å². The van der Waals surface area contributed by atoms with E-state index in [2.05, 4.69) is 25.9 Å². The van der Waals surface area contributed by atoms with E-state index in [0.717, 1.165) is 16.9 Å². The molecule has 9 heteroatoms. The standard InChI is InChI=1S/C24H28N6O3.2H2/c1-17-12-20(8-9-26-17)28-21-15-27-23(13-19(21)14-25)30-24(31)29-22(16-33-11-10-32-2)18-6-4-3-5-7-18;;/h3-9,12-15,22,25H,10-11,16H2,1-2H3,(H,26,28)(H2,27,29,30,31);2*1H/t22-;;/m1../s1. The molecule has 1 atom stereocenters. The fraction of sp³-hybridized carbons (Fsp3) is 0.250. The molecule has 0 aliphatic heterocycles. The number of nitrogens with zero attached hydrogens (tertiary/aromatic N) is 2. The van der Waals surface area contributed by atoms with E-state index in [0.29, 0.717) is 36.9 Å². The molecule has 0 fully saturated rings. The number of rotatable bonds is 11. The number of hydrogen-bond donors (Lipinski definition) is 4. The number of carbonyl (C=O) groups excluding carboxylic acids is 1. The molecule has 0 unspecified atom stereocenters. The van der Waals surface area contributed by atoms with Gasteiger partial charge in [-0.05, 0) is 30.7 Å². The lowest BCUT2D eigenvalue weighted by Gasteiger charge is -2.20. The molecule has 0 aliphatic carbocycles. The summed E-state index contributed by atoms with van der Waals surface area (Å²) in [7, 11) is 1.61. The second-order valence-electron chi connectivity index (χ2n) is 7.24. The Balaban J connectivity index is 0.00000306. The van der Waals surface area contributed by atoms with Crippen molar-refractivity contribution < 1.29 is 17.1 Å². The summed E-state index contributed by atoms with van der Waals surface area (Å²) >= 11 is 0. The lowest BCUT2D eigenvalue weighted by atomic mass is 10.1. The van der Waals surface area contributed by atoms with Crippen molar-refractivity contribution in [1.29, 1.82) is 5.41 Å². The second kappa shape index (κ2) is 12.3. The summed E-state index contributed by atoms with van der Waals surface area (Å²) in [5.41, 5.74) is 3.86. The van der Waals surface area contributed by atoms with Crippen LogP contribution in [0.2, 0.25) is 0 Å². The molecule has 0 bridgehead atoms. The lowest BCUT2D eigenvalue weighted by molar-refractivity contribution is 0.0601. The van der Waals surface area contributed by atoms with Gasteiger partial charge < -0.3 is 25.5 Å². The highest BCUT2D eigenvalue weighted by Gasteiger charge is 2.16. The summed E-state index contributed by atoms with van der Waals surface area (Å²) in [4.78, 5) is 21.2. The molecule has 2 amide bonds. The minimum atomic E-state index is -0.423. The van der Waals surface area contributed by atoms with Gasteiger partial charge in [0.2, 0.25) is 0 Å². The van der Waals surface area contributed by atoms with Gasteiger partial charge in [0.05, 0.1) is 37.7 Å². The van der Waals surface area contributed by atoms with Gasteiger partial charge >= 0.3 is 6.03 Å². The average molecular weight is 453 g/mol. The molecule has 0 saturated heterocycles. The van der Waals surface area contributed by atoms with E-state index in [9.17, 15) is 4.79 Å². The highest BCUT2D eigenvalue weighted by atomic mass is 16.5. The third kappa shape index (κ3) is 7.37. The molecule has 0 aliphatic rings. The summed E-state index contributed by atoms with van der Waals surface area (Å²) in [5, 5.41) is 16.6. The van der Waals surface area contributed by atoms with Crippen LogP contribution in [0.15, 0.2) is 60.9 Å². The van der Waals surface area contributed by atoms with Gasteiger partial charge in [-0.2, -0.15) is 0 Å². The van der Waals surface area contributed by atoms with Gasteiger partial charge in [-0.1, -0.05) is 30.3 Å². The summed E-state index contributed by atoms with van der Waals surface area (Å²) in [6.45, 7) is 3.11. The number of aromatic nitrogens is 2. The first kappa shape index (κ1) is 23.8. The molecule has 2 heterocycles. The van der Waals surface area contributed by atoms with Crippen LogP contribution < -0.4 is 16.0 Å². The molecule has 176 valence electrons. The minimum absolute atomic E-state index is 0. The number of ether oxygens (including phenoxy) is 2. The number of pyridine rings is 2. The average Bonchev–Trinajstić information content (AvgIpc) is 2.82. The third-order valence-corrected chi connectivity index (χ3v) is 4.73. The zero-order valence-electron chi connectivity index (χ0n) is 18.7. The van der Waals surface area contributed by atoms with Crippen molar-refractivity contribution in [3.8, 4) is 0 Å². The van der Waals surface area contributed by atoms with Crippen molar-refractivity contribution in [2.24, 2.45) is 0 Å². The number of methoxy groups -OCH3 is 1. The van der Waals surface area contributed by atoms with Crippen LogP contribution >= 0.6 is 0 Å². The van der Waals surface area contributed by atoms with Crippen LogP contribution in [0.5, 0.6) is 0 Å². The molecule has 3 aromatic rings. The summed E-state index contributed by atoms with van der Waals surface area (Å²) in [6.07, 6.45) is 4.49. The van der Waals surface area contributed by atoms with E-state index >= 15 is 0 Å². The van der Waals surface area contributed by atoms with E-state index in [-0.39, 0.29) is 8.90 Å². The van der Waals surface area contributed by atoms with E-state index in [1.807, 2.05) is 49.4 Å². The summed E-state index contributed by atoms with van der Waals surface area (Å²) in [5.74, 6) is 0.328. The van der Waals surface area contributed by atoms with Crippen molar-refractivity contribution >= 4 is 29.4 Å². The van der Waals surface area contributed by atoms with Crippen molar-refractivity contribution in [3.63, 3.8) is 0 Å². The number of aryl methyl sites for hydroxylation is 1. The van der Waals surface area contributed by atoms with Crippen LogP contribution in [0, 0.1) is 12.3 Å². The molecule has 9 nitrogen and oxygen atoms in total. The Morgan fingerprint density at radius 3 is 2.73 bits per heavy atom. The summed E-state index contributed by atoms with van der Waals surface area (Å²) < 4.78 is 10.6. The van der Waals surface area contributed by atoms with Gasteiger partial charge in [0.25, 0.3) is 0 Å². The van der Waals surface area contributed by atoms with E-state index < -0.39 is 6.03 Å². The zero-order chi connectivity index (χ0) is 23.5. The second-order valence-corrected chi connectivity index (χ2v) is 7.24. The summed E-state index contributed by atoms with van der Waals surface area (Å²) in [6, 6.07) is 14.2. The van der Waals surface area contributed by atoms with E-state index in [4.69, 9.17) is 14.9 Å². The Labute approximate surface area is 196 Å². The lowest BCUT2D eigenvalue weighted by Crippen LogP contribution is -2.35.